The second-order valence-corrected chi connectivity index (χ2v) is 10.9. The van der Waals surface area contributed by atoms with E-state index in [2.05, 4.69) is 36.2 Å². The van der Waals surface area contributed by atoms with Crippen LogP contribution in [-0.2, 0) is 9.53 Å². The molecular weight excluding hydrogens is 470 g/mol. The number of carbonyl (C=O) groups is 2. The maximum Gasteiger partial charge on any atom is 0.318 e. The molecule has 4 rings (SSSR count). The number of benzene rings is 1. The van der Waals surface area contributed by atoms with Crippen molar-refractivity contribution in [2.24, 2.45) is 5.10 Å². The summed E-state index contributed by atoms with van der Waals surface area (Å²) in [5.74, 6) is 0.432. The molecular formula is C28H39N5O4. The molecule has 1 saturated heterocycles. The van der Waals surface area contributed by atoms with Crippen LogP contribution >= 0.6 is 0 Å². The minimum Gasteiger partial charge on any atom is -0.467 e. The molecule has 0 spiro atoms. The number of ether oxygens (including phenoxy) is 1. The fraction of sp³-hybridized carbons (Fsp3) is 0.536. The number of aryl methyl sites for hydroxylation is 2. The molecule has 1 aromatic carbocycles. The van der Waals surface area contributed by atoms with Crippen LogP contribution in [0.4, 0.5) is 4.79 Å². The van der Waals surface area contributed by atoms with Crippen molar-refractivity contribution in [3.8, 4) is 0 Å². The Balaban J connectivity index is 1.55. The maximum absolute atomic E-state index is 13.7. The van der Waals surface area contributed by atoms with Crippen LogP contribution in [0.3, 0.4) is 0 Å². The van der Waals surface area contributed by atoms with E-state index in [1.54, 1.807) is 11.2 Å². The molecule has 0 radical (unpaired) electrons. The number of furan rings is 1. The summed E-state index contributed by atoms with van der Waals surface area (Å²) < 4.78 is 11.1. The number of hydrogen-bond acceptors (Lipinski definition) is 6. The molecule has 9 heteroatoms. The predicted molar refractivity (Wildman–Crippen MR) is 142 cm³/mol. The van der Waals surface area contributed by atoms with Gasteiger partial charge in [-0.1, -0.05) is 12.1 Å². The number of urea groups is 1. The first kappa shape index (κ1) is 26.9. The number of amides is 3. The van der Waals surface area contributed by atoms with Gasteiger partial charge in [-0.2, -0.15) is 5.10 Å². The highest BCUT2D eigenvalue weighted by atomic mass is 16.5. The van der Waals surface area contributed by atoms with Gasteiger partial charge in [0.1, 0.15) is 18.3 Å². The van der Waals surface area contributed by atoms with Gasteiger partial charge in [-0.25, -0.2) is 9.80 Å². The fourth-order valence-corrected chi connectivity index (χ4v) is 4.51. The number of nitrogens with one attached hydrogen (secondary N) is 1. The molecule has 2 aliphatic rings. The second kappa shape index (κ2) is 11.5. The number of hydrazone groups is 1. The molecule has 9 nitrogen and oxygen atoms in total. The summed E-state index contributed by atoms with van der Waals surface area (Å²) in [6.45, 7) is 14.0. The zero-order chi connectivity index (χ0) is 26.6. The van der Waals surface area contributed by atoms with E-state index < -0.39 is 5.54 Å². The standard InChI is InChI=1S/C28H39N5O4/c1-20-8-9-22(17-21(20)2)23-18-24(25-7-6-14-37-25)33(30-23)26(34)19-32(27(35)29-28(3,4)5)11-10-31-12-15-36-16-13-31/h6-9,14,17,24H,10-13,15-16,18-19H2,1-5H3,(H,29,35)/t24-/m1/s1. The van der Waals surface area contributed by atoms with Crippen LogP contribution in [0.25, 0.3) is 0 Å². The van der Waals surface area contributed by atoms with Gasteiger partial charge in [0, 0.05) is 38.1 Å². The van der Waals surface area contributed by atoms with Gasteiger partial charge < -0.3 is 19.4 Å². The minimum atomic E-state index is -0.420. The van der Waals surface area contributed by atoms with Gasteiger partial charge in [-0.15, -0.1) is 0 Å². The van der Waals surface area contributed by atoms with E-state index in [0.29, 0.717) is 38.5 Å². The van der Waals surface area contributed by atoms with Crippen molar-refractivity contribution in [2.75, 3.05) is 45.9 Å². The molecule has 0 bridgehead atoms. The Morgan fingerprint density at radius 1 is 1.14 bits per heavy atom. The van der Waals surface area contributed by atoms with Gasteiger partial charge in [-0.05, 0) is 69.5 Å². The molecule has 2 aromatic rings. The smallest absolute Gasteiger partial charge is 0.318 e. The quantitative estimate of drug-likeness (QED) is 0.615. The lowest BCUT2D eigenvalue weighted by molar-refractivity contribution is -0.134. The summed E-state index contributed by atoms with van der Waals surface area (Å²) in [5, 5.41) is 9.26. The lowest BCUT2D eigenvalue weighted by Gasteiger charge is -2.32. The summed E-state index contributed by atoms with van der Waals surface area (Å²) in [6.07, 6.45) is 2.15. The molecule has 3 amide bonds. The van der Waals surface area contributed by atoms with Crippen LogP contribution < -0.4 is 5.32 Å². The highest BCUT2D eigenvalue weighted by molar-refractivity contribution is 6.03. The molecule has 2 aliphatic heterocycles. The van der Waals surface area contributed by atoms with Gasteiger partial charge in [0.05, 0.1) is 25.2 Å². The number of hydrogen-bond donors (Lipinski definition) is 1. The molecule has 3 heterocycles. The zero-order valence-electron chi connectivity index (χ0n) is 22.6. The maximum atomic E-state index is 13.7. The molecule has 0 saturated carbocycles. The van der Waals surface area contributed by atoms with E-state index >= 15 is 0 Å². The Labute approximate surface area is 219 Å². The van der Waals surface area contributed by atoms with Gasteiger partial charge >= 0.3 is 6.03 Å². The van der Waals surface area contributed by atoms with Gasteiger partial charge in [0.2, 0.25) is 0 Å². The first-order chi connectivity index (χ1) is 17.6. The number of morpholine rings is 1. The Morgan fingerprint density at radius 2 is 1.89 bits per heavy atom. The first-order valence-corrected chi connectivity index (χ1v) is 13.0. The van der Waals surface area contributed by atoms with Crippen LogP contribution in [0.5, 0.6) is 0 Å². The molecule has 200 valence electrons. The summed E-state index contributed by atoms with van der Waals surface area (Å²) in [4.78, 5) is 30.7. The van der Waals surface area contributed by atoms with Gasteiger partial charge in [0.15, 0.2) is 0 Å². The molecule has 0 unspecified atom stereocenters. The highest BCUT2D eigenvalue weighted by Gasteiger charge is 2.36. The van der Waals surface area contributed by atoms with E-state index in [1.807, 2.05) is 39.0 Å². The van der Waals surface area contributed by atoms with E-state index in [0.717, 1.165) is 24.4 Å². The lowest BCUT2D eigenvalue weighted by atomic mass is 9.99. The number of carbonyl (C=O) groups excluding carboxylic acids is 2. The van der Waals surface area contributed by atoms with Crippen LogP contribution in [-0.4, -0.2) is 83.9 Å². The van der Waals surface area contributed by atoms with Crippen LogP contribution in [0.2, 0.25) is 0 Å². The molecule has 1 N–H and O–H groups in total. The average molecular weight is 510 g/mol. The molecule has 1 aromatic heterocycles. The number of nitrogens with zero attached hydrogens (tertiary/aromatic N) is 4. The van der Waals surface area contributed by atoms with Crippen LogP contribution in [0, 0.1) is 13.8 Å². The van der Waals surface area contributed by atoms with Crippen molar-refractivity contribution in [3.63, 3.8) is 0 Å². The fourth-order valence-electron chi connectivity index (χ4n) is 4.51. The predicted octanol–water partition coefficient (Wildman–Crippen LogP) is 3.72. The van der Waals surface area contributed by atoms with Gasteiger partial charge in [-0.3, -0.25) is 9.69 Å². The third kappa shape index (κ3) is 6.99. The summed E-state index contributed by atoms with van der Waals surface area (Å²) in [7, 11) is 0. The SMILES string of the molecule is Cc1ccc(C2=NN(C(=O)CN(CCN3CCOCC3)C(=O)NC(C)(C)C)[C@@H](c3ccco3)C2)cc1C. The molecule has 1 fully saturated rings. The van der Waals surface area contributed by atoms with Crippen LogP contribution in [0.15, 0.2) is 46.1 Å². The lowest BCUT2D eigenvalue weighted by Crippen LogP contribution is -2.53. The highest BCUT2D eigenvalue weighted by Crippen LogP contribution is 2.33. The van der Waals surface area contributed by atoms with E-state index in [1.165, 1.54) is 16.1 Å². The Hall–Kier alpha value is -3.17. The summed E-state index contributed by atoms with van der Waals surface area (Å²) in [6, 6.07) is 9.28. The summed E-state index contributed by atoms with van der Waals surface area (Å²) in [5.41, 5.74) is 3.78. The Kier molecular flexibility index (Phi) is 8.34. The minimum absolute atomic E-state index is 0.0762. The topological polar surface area (TPSA) is 90.6 Å². The van der Waals surface area contributed by atoms with E-state index in [9.17, 15) is 9.59 Å². The largest absolute Gasteiger partial charge is 0.467 e. The van der Waals surface area contributed by atoms with Crippen molar-refractivity contribution in [1.29, 1.82) is 0 Å². The molecule has 37 heavy (non-hydrogen) atoms. The third-order valence-electron chi connectivity index (χ3n) is 6.76. The van der Waals surface area contributed by atoms with E-state index in [-0.39, 0.29) is 24.5 Å². The molecule has 0 aliphatic carbocycles. The Morgan fingerprint density at radius 3 is 2.54 bits per heavy atom. The molecule has 1 atom stereocenters. The van der Waals surface area contributed by atoms with Crippen molar-refractivity contribution in [3.05, 3.63) is 59.0 Å². The zero-order valence-corrected chi connectivity index (χ0v) is 22.6. The van der Waals surface area contributed by atoms with Crippen molar-refractivity contribution >= 4 is 17.6 Å². The first-order valence-electron chi connectivity index (χ1n) is 13.0. The van der Waals surface area contributed by atoms with Crippen molar-refractivity contribution in [2.45, 2.75) is 52.6 Å². The second-order valence-electron chi connectivity index (χ2n) is 10.9. The summed E-state index contributed by atoms with van der Waals surface area (Å²) >= 11 is 0. The van der Waals surface area contributed by atoms with Crippen LogP contribution in [0.1, 0.15) is 55.7 Å². The van der Waals surface area contributed by atoms with Crippen molar-refractivity contribution < 1.29 is 18.7 Å². The number of rotatable bonds is 7. The normalized spacial score (nSPS) is 18.6. The monoisotopic (exact) mass is 509 g/mol. The average Bonchev–Trinajstić information content (AvgIpc) is 3.53. The third-order valence-corrected chi connectivity index (χ3v) is 6.76. The van der Waals surface area contributed by atoms with Gasteiger partial charge in [0.25, 0.3) is 5.91 Å². The Bertz CT molecular complexity index is 1120. The van der Waals surface area contributed by atoms with Crippen molar-refractivity contribution in [1.82, 2.24) is 20.1 Å². The van der Waals surface area contributed by atoms with E-state index in [4.69, 9.17) is 14.3 Å².